The van der Waals surface area contributed by atoms with Gasteiger partial charge >= 0.3 is 0 Å². The van der Waals surface area contributed by atoms with E-state index in [9.17, 15) is 51.9 Å². The summed E-state index contributed by atoms with van der Waals surface area (Å²) >= 11 is 3.54. The maximum Gasteiger partial charge on any atom is 0.294 e. The van der Waals surface area contributed by atoms with E-state index in [0.717, 1.165) is 0 Å². The van der Waals surface area contributed by atoms with Crippen molar-refractivity contribution in [3.8, 4) is 0 Å². The van der Waals surface area contributed by atoms with Gasteiger partial charge in [-0.3, -0.25) is 18.2 Å². The molecule has 0 fully saturated rings. The molecule has 4 N–H and O–H groups in total. The zero-order valence-electron chi connectivity index (χ0n) is 27.5. The van der Waals surface area contributed by atoms with E-state index in [0.29, 0.717) is 38.4 Å². The Kier molecular flexibility index (Phi) is 11.2. The average molecular weight is 839 g/mol. The van der Waals surface area contributed by atoms with Crippen LogP contribution in [0.3, 0.4) is 0 Å². The largest absolute Gasteiger partial charge is 0.344 e. The summed E-state index contributed by atoms with van der Waals surface area (Å²) in [6.07, 6.45) is 7.06. The fourth-order valence-electron chi connectivity index (χ4n) is 6.29. The third kappa shape index (κ3) is 8.99. The molecule has 0 saturated carbocycles. The molecule has 2 aromatic rings. The van der Waals surface area contributed by atoms with E-state index in [1.165, 1.54) is 36.4 Å². The third-order valence-corrected chi connectivity index (χ3v) is 12.5. The lowest BCUT2D eigenvalue weighted by Gasteiger charge is -2.27. The molecule has 2 aromatic carbocycles. The molecule has 0 radical (unpaired) electrons. The quantitative estimate of drug-likeness (QED) is 0.123. The smallest absolute Gasteiger partial charge is 0.294 e. The van der Waals surface area contributed by atoms with Crippen molar-refractivity contribution < 1.29 is 56.5 Å². The average Bonchev–Trinajstić information content (AvgIpc) is 3.30. The highest BCUT2D eigenvalue weighted by molar-refractivity contribution is 9.11. The Labute approximate surface area is 301 Å². The lowest BCUT2D eigenvalue weighted by atomic mass is 9.81. The van der Waals surface area contributed by atoms with Crippen molar-refractivity contribution in [3.05, 3.63) is 82.0 Å². The molecule has 50 heavy (non-hydrogen) atoms. The van der Waals surface area contributed by atoms with E-state index < -0.39 is 62.8 Å². The molecule has 14 nitrogen and oxygen atoms in total. The molecule has 0 unspecified atom stereocenters. The number of rotatable bonds is 13. The van der Waals surface area contributed by atoms with Crippen LogP contribution in [0.25, 0.3) is 0 Å². The first kappa shape index (κ1) is 40.0. The molecule has 0 spiro atoms. The monoisotopic (exact) mass is 837 g/mol. The second-order valence-corrected chi connectivity index (χ2v) is 19.9. The highest BCUT2D eigenvalue weighted by atomic mass is 79.9. The van der Waals surface area contributed by atoms with Crippen LogP contribution in [0.5, 0.6) is 0 Å². The van der Waals surface area contributed by atoms with E-state index in [1.54, 1.807) is 24.3 Å². The third-order valence-electron chi connectivity index (χ3n) is 8.69. The number of fused-ring (bicyclic) bond motifs is 2. The molecule has 0 bridgehead atoms. The number of allylic oxidation sites excluding steroid dienone is 6. The van der Waals surface area contributed by atoms with Crippen molar-refractivity contribution >= 4 is 73.5 Å². The lowest BCUT2D eigenvalue weighted by Crippen LogP contribution is -2.28. The van der Waals surface area contributed by atoms with Crippen LogP contribution < -0.4 is 4.90 Å². The predicted octanol–water partition coefficient (Wildman–Crippen LogP) is 4.63. The second-order valence-electron chi connectivity index (χ2n) is 13.0. The number of nitrogens with zero attached hydrogens (tertiary/aromatic N) is 2. The van der Waals surface area contributed by atoms with Crippen LogP contribution in [0.15, 0.2) is 80.7 Å². The van der Waals surface area contributed by atoms with Crippen LogP contribution in [0, 0.1) is 0 Å². The molecule has 0 aliphatic carbocycles. The molecule has 4 rings (SSSR count). The standard InChI is InChI=1S/C31H37BrN2O12S4/c1-30(2)24-19-22(49(41,42)43)9-11-26(24)33(15-5-17-47(35,36)37)28(30)13-7-21(32)8-14-29-31(3,4)25-20-23(50(44,45)46)10-12-27(25)34(29)16-6-18-48(38,39)40/h7-14,19-20H,5-6,15-18H2,1-4H3,(H3-,35,36,37,38,39,40,41,42,43,44,45,46)/p+1. The van der Waals surface area contributed by atoms with Gasteiger partial charge in [0, 0.05) is 52.0 Å². The first-order valence-corrected chi connectivity index (χ1v) is 22.0. The number of benzene rings is 2. The van der Waals surface area contributed by atoms with E-state index in [2.05, 4.69) is 15.9 Å². The van der Waals surface area contributed by atoms with Crippen LogP contribution in [0.1, 0.15) is 51.7 Å². The van der Waals surface area contributed by atoms with Gasteiger partial charge in [-0.15, -0.1) is 0 Å². The topological polar surface area (TPSA) is 224 Å². The van der Waals surface area contributed by atoms with Gasteiger partial charge in [0.1, 0.15) is 6.54 Å². The summed E-state index contributed by atoms with van der Waals surface area (Å²) in [5.74, 6) is -0.998. The van der Waals surface area contributed by atoms with Crippen molar-refractivity contribution in [2.24, 2.45) is 0 Å². The Bertz CT molecular complexity index is 2290. The van der Waals surface area contributed by atoms with Crippen molar-refractivity contribution in [1.29, 1.82) is 0 Å². The Morgan fingerprint density at radius 3 is 1.88 bits per heavy atom. The molecule has 19 heteroatoms. The lowest BCUT2D eigenvalue weighted by molar-refractivity contribution is -0.437. The van der Waals surface area contributed by atoms with Gasteiger partial charge in [-0.2, -0.15) is 38.2 Å². The Hall–Kier alpha value is -2.75. The van der Waals surface area contributed by atoms with E-state index >= 15 is 0 Å². The molecule has 2 heterocycles. The summed E-state index contributed by atoms with van der Waals surface area (Å²) in [6.45, 7) is 7.67. The number of hydrogen-bond donors (Lipinski definition) is 4. The molecular formula is C31H38BrN2O12S4+. The Morgan fingerprint density at radius 1 is 0.780 bits per heavy atom. The van der Waals surface area contributed by atoms with Crippen LogP contribution in [-0.2, 0) is 51.3 Å². The maximum atomic E-state index is 11.9. The maximum absolute atomic E-state index is 11.9. The van der Waals surface area contributed by atoms with E-state index in [-0.39, 0.29) is 35.7 Å². The highest BCUT2D eigenvalue weighted by Crippen LogP contribution is 2.48. The predicted molar refractivity (Wildman–Crippen MR) is 192 cm³/mol. The second kappa shape index (κ2) is 14.0. The molecule has 0 atom stereocenters. The normalized spacial score (nSPS) is 18.7. The van der Waals surface area contributed by atoms with Gasteiger partial charge in [0.2, 0.25) is 5.69 Å². The summed E-state index contributed by atoms with van der Waals surface area (Å²) < 4.78 is 134. The SMILES string of the molecule is CC1(C)C(=CC=C(Br)C=CC2=[N+](CCCS(=O)(=O)O)c3ccc(S(=O)(=O)O)cc3C2(C)C)N(CCCS(=O)(=O)O)c2ccc(S(=O)(=O)O)cc21. The molecule has 2 aliphatic heterocycles. The fraction of sp³-hybridized carbons (Fsp3) is 0.387. The molecule has 274 valence electrons. The van der Waals surface area contributed by atoms with E-state index in [4.69, 9.17) is 0 Å². The van der Waals surface area contributed by atoms with Gasteiger partial charge in [0.15, 0.2) is 5.71 Å². The summed E-state index contributed by atoms with van der Waals surface area (Å²) in [7, 11) is -17.5. The van der Waals surface area contributed by atoms with Crippen molar-refractivity contribution in [1.82, 2.24) is 0 Å². The van der Waals surface area contributed by atoms with Crippen LogP contribution in [0.2, 0.25) is 0 Å². The van der Waals surface area contributed by atoms with Crippen molar-refractivity contribution in [3.63, 3.8) is 0 Å². The zero-order chi connectivity index (χ0) is 37.7. The molecule has 2 aliphatic rings. The van der Waals surface area contributed by atoms with Gasteiger partial charge in [-0.1, -0.05) is 29.8 Å². The van der Waals surface area contributed by atoms with Gasteiger partial charge in [0.05, 0.1) is 26.7 Å². The summed E-state index contributed by atoms with van der Waals surface area (Å²) in [5, 5.41) is 0. The van der Waals surface area contributed by atoms with E-state index in [1.807, 2.05) is 37.2 Å². The van der Waals surface area contributed by atoms with Crippen molar-refractivity contribution in [2.45, 2.75) is 61.2 Å². The number of anilines is 1. The zero-order valence-corrected chi connectivity index (χ0v) is 32.3. The minimum atomic E-state index is -4.51. The van der Waals surface area contributed by atoms with Gasteiger partial charge in [-0.05, 0) is 74.4 Å². The van der Waals surface area contributed by atoms with Crippen LogP contribution in [0.4, 0.5) is 11.4 Å². The highest BCUT2D eigenvalue weighted by Gasteiger charge is 2.45. The number of hydrogen-bond acceptors (Lipinski definition) is 9. The minimum Gasteiger partial charge on any atom is -0.344 e. The first-order valence-electron chi connectivity index (χ1n) is 15.1. The molecule has 0 saturated heterocycles. The molecular weight excluding hydrogens is 801 g/mol. The van der Waals surface area contributed by atoms with Crippen LogP contribution in [-0.4, -0.2) is 86.8 Å². The Morgan fingerprint density at radius 2 is 1.32 bits per heavy atom. The summed E-state index contributed by atoms with van der Waals surface area (Å²) in [6, 6.07) is 8.26. The molecule has 0 amide bonds. The number of halogens is 1. The van der Waals surface area contributed by atoms with Gasteiger partial charge in [-0.25, -0.2) is 0 Å². The minimum absolute atomic E-state index is 0.0528. The van der Waals surface area contributed by atoms with Crippen molar-refractivity contribution in [2.75, 3.05) is 29.5 Å². The molecule has 0 aromatic heterocycles. The van der Waals surface area contributed by atoms with Gasteiger partial charge < -0.3 is 4.90 Å². The summed E-state index contributed by atoms with van der Waals surface area (Å²) in [4.78, 5) is 1.21. The van der Waals surface area contributed by atoms with Gasteiger partial charge in [0.25, 0.3) is 40.5 Å². The summed E-state index contributed by atoms with van der Waals surface area (Å²) in [5.41, 5.74) is 2.00. The first-order chi connectivity index (χ1) is 22.7. The van der Waals surface area contributed by atoms with Crippen LogP contribution >= 0.6 is 15.9 Å². The fourth-order valence-corrected chi connectivity index (χ4v) is 8.56. The Balaban J connectivity index is 1.76.